The lowest BCUT2D eigenvalue weighted by molar-refractivity contribution is -0.158. The minimum Gasteiger partial charge on any atom is -0.483 e. The van der Waals surface area contributed by atoms with E-state index < -0.39 is 30.3 Å². The van der Waals surface area contributed by atoms with Crippen LogP contribution in [0.4, 0.5) is 32.2 Å². The molecule has 1 aromatic carbocycles. The highest BCUT2D eigenvalue weighted by Gasteiger charge is 2.37. The van der Waals surface area contributed by atoms with E-state index in [9.17, 15) is 26.3 Å². The van der Waals surface area contributed by atoms with Crippen LogP contribution in [0.25, 0.3) is 22.8 Å². The molecule has 0 aliphatic rings. The van der Waals surface area contributed by atoms with Gasteiger partial charge in [-0.2, -0.15) is 31.3 Å². The van der Waals surface area contributed by atoms with Gasteiger partial charge in [-0.15, -0.1) is 0 Å². The summed E-state index contributed by atoms with van der Waals surface area (Å²) in [4.78, 5) is 7.80. The molecule has 0 amide bonds. The van der Waals surface area contributed by atoms with Crippen molar-refractivity contribution in [3.05, 3.63) is 42.1 Å². The number of nitrogens with zero attached hydrogens (tertiary/aromatic N) is 3. The number of rotatable bonds is 4. The molecule has 0 saturated heterocycles. The van der Waals surface area contributed by atoms with Crippen LogP contribution in [0, 0.1) is 0 Å². The molecule has 0 atom stereocenters. The van der Waals surface area contributed by atoms with Crippen molar-refractivity contribution >= 4 is 5.82 Å². The van der Waals surface area contributed by atoms with Gasteiger partial charge in [-0.3, -0.25) is 0 Å². The highest BCUT2D eigenvalue weighted by atomic mass is 19.4. The Hall–Kier alpha value is -3.31. The molecule has 0 bridgehead atoms. The van der Waals surface area contributed by atoms with Crippen molar-refractivity contribution in [3.63, 3.8) is 0 Å². The monoisotopic (exact) mass is 404 g/mol. The first-order chi connectivity index (χ1) is 13.0. The summed E-state index contributed by atoms with van der Waals surface area (Å²) in [6.07, 6.45) is -8.32. The third kappa shape index (κ3) is 4.32. The number of ether oxygens (including phenoxy) is 1. The Labute approximate surface area is 152 Å². The molecule has 148 valence electrons. The van der Waals surface area contributed by atoms with Gasteiger partial charge in [0.15, 0.2) is 6.61 Å². The smallest absolute Gasteiger partial charge is 0.422 e. The number of hydrogen-bond donors (Lipinski definition) is 1. The minimum atomic E-state index is -4.96. The number of anilines is 1. The van der Waals surface area contributed by atoms with Crippen molar-refractivity contribution in [1.82, 2.24) is 15.1 Å². The second-order valence-electron chi connectivity index (χ2n) is 5.47. The first-order valence-electron chi connectivity index (χ1n) is 7.50. The van der Waals surface area contributed by atoms with Crippen LogP contribution in [0.15, 0.2) is 41.1 Å². The van der Waals surface area contributed by atoms with Crippen molar-refractivity contribution in [1.29, 1.82) is 0 Å². The Balaban J connectivity index is 1.96. The molecule has 12 heteroatoms. The van der Waals surface area contributed by atoms with Gasteiger partial charge in [0.25, 0.3) is 5.89 Å². The predicted octanol–water partition coefficient (Wildman–Crippen LogP) is 4.34. The van der Waals surface area contributed by atoms with Crippen LogP contribution in [0.1, 0.15) is 5.56 Å². The van der Waals surface area contributed by atoms with E-state index in [0.29, 0.717) is 11.6 Å². The van der Waals surface area contributed by atoms with Crippen molar-refractivity contribution in [2.75, 3.05) is 12.3 Å². The van der Waals surface area contributed by atoms with Crippen molar-refractivity contribution in [3.8, 4) is 28.6 Å². The molecule has 0 saturated carbocycles. The number of alkyl halides is 6. The molecular weight excluding hydrogens is 394 g/mol. The quantitative estimate of drug-likeness (QED) is 0.651. The summed E-state index contributed by atoms with van der Waals surface area (Å²) in [5, 5.41) is 3.64. The highest BCUT2D eigenvalue weighted by molar-refractivity contribution is 5.69. The maximum absolute atomic E-state index is 13.2. The number of halogens is 6. The third-order valence-corrected chi connectivity index (χ3v) is 3.43. The number of hydrogen-bond acceptors (Lipinski definition) is 6. The van der Waals surface area contributed by atoms with Crippen LogP contribution in [-0.4, -0.2) is 27.9 Å². The zero-order valence-electron chi connectivity index (χ0n) is 13.7. The van der Waals surface area contributed by atoms with Crippen LogP contribution in [-0.2, 0) is 6.18 Å². The average molecular weight is 404 g/mol. The number of benzene rings is 1. The average Bonchev–Trinajstić information content (AvgIpc) is 3.08. The minimum absolute atomic E-state index is 0.00782. The Morgan fingerprint density at radius 2 is 1.82 bits per heavy atom. The molecule has 3 aromatic rings. The van der Waals surface area contributed by atoms with Crippen LogP contribution in [0.5, 0.6) is 5.75 Å². The summed E-state index contributed by atoms with van der Waals surface area (Å²) < 4.78 is 85.7. The Morgan fingerprint density at radius 1 is 1.07 bits per heavy atom. The number of nitrogens with two attached hydrogens (primary N) is 1. The van der Waals surface area contributed by atoms with Gasteiger partial charge in [0, 0.05) is 11.8 Å². The van der Waals surface area contributed by atoms with Crippen LogP contribution in [0.3, 0.4) is 0 Å². The molecule has 6 nitrogen and oxygen atoms in total. The number of pyridine rings is 1. The van der Waals surface area contributed by atoms with Gasteiger partial charge in [0.05, 0.1) is 11.1 Å². The van der Waals surface area contributed by atoms with E-state index in [2.05, 4.69) is 19.9 Å². The zero-order chi connectivity index (χ0) is 20.5. The molecule has 3 rings (SSSR count). The van der Waals surface area contributed by atoms with Gasteiger partial charge in [0.2, 0.25) is 5.82 Å². The fourth-order valence-corrected chi connectivity index (χ4v) is 2.23. The van der Waals surface area contributed by atoms with Gasteiger partial charge >= 0.3 is 12.4 Å². The SMILES string of the molecule is Nc1ncccc1-c1noc(-c2ccc(OCC(F)(F)F)c(C(F)(F)F)c2)n1. The van der Waals surface area contributed by atoms with Crippen LogP contribution >= 0.6 is 0 Å². The topological polar surface area (TPSA) is 87.1 Å². The molecule has 0 aliphatic carbocycles. The predicted molar refractivity (Wildman–Crippen MR) is 83.9 cm³/mol. The van der Waals surface area contributed by atoms with Crippen molar-refractivity contribution in [2.24, 2.45) is 0 Å². The second kappa shape index (κ2) is 7.02. The normalized spacial score (nSPS) is 12.2. The van der Waals surface area contributed by atoms with Crippen LogP contribution < -0.4 is 10.5 Å². The second-order valence-corrected chi connectivity index (χ2v) is 5.47. The Morgan fingerprint density at radius 3 is 2.46 bits per heavy atom. The molecular formula is C16H10F6N4O2. The lowest BCUT2D eigenvalue weighted by Gasteiger charge is -2.15. The van der Waals surface area contributed by atoms with E-state index in [1.807, 2.05) is 0 Å². The van der Waals surface area contributed by atoms with Gasteiger partial charge in [-0.25, -0.2) is 4.98 Å². The van der Waals surface area contributed by atoms with Gasteiger partial charge in [-0.1, -0.05) is 5.16 Å². The molecule has 2 heterocycles. The molecule has 0 fully saturated rings. The van der Waals surface area contributed by atoms with E-state index in [0.717, 1.165) is 12.1 Å². The lowest BCUT2D eigenvalue weighted by atomic mass is 10.1. The van der Waals surface area contributed by atoms with E-state index in [-0.39, 0.29) is 23.1 Å². The van der Waals surface area contributed by atoms with Gasteiger partial charge < -0.3 is 15.0 Å². The van der Waals surface area contributed by atoms with Crippen molar-refractivity contribution in [2.45, 2.75) is 12.4 Å². The first kappa shape index (κ1) is 19.5. The maximum Gasteiger partial charge on any atom is 0.422 e. The van der Waals surface area contributed by atoms with E-state index in [1.165, 1.54) is 12.3 Å². The number of aromatic nitrogens is 3. The summed E-state index contributed by atoms with van der Waals surface area (Å²) in [6, 6.07) is 5.48. The van der Waals surface area contributed by atoms with Gasteiger partial charge in [0.1, 0.15) is 11.6 Å². The van der Waals surface area contributed by atoms with E-state index in [4.69, 9.17) is 10.3 Å². The first-order valence-corrected chi connectivity index (χ1v) is 7.50. The zero-order valence-corrected chi connectivity index (χ0v) is 13.7. The number of nitrogen functional groups attached to an aromatic ring is 1. The van der Waals surface area contributed by atoms with Crippen LogP contribution in [0.2, 0.25) is 0 Å². The summed E-state index contributed by atoms with van der Waals surface area (Å²) in [5.41, 5.74) is 4.42. The Kier molecular flexibility index (Phi) is 4.87. The molecule has 0 spiro atoms. The maximum atomic E-state index is 13.2. The van der Waals surface area contributed by atoms with E-state index in [1.54, 1.807) is 6.07 Å². The summed E-state index contributed by atoms with van der Waals surface area (Å²) in [5.74, 6) is -1.18. The fraction of sp³-hybridized carbons (Fsp3) is 0.188. The summed E-state index contributed by atoms with van der Waals surface area (Å²) in [7, 11) is 0. The standard InChI is InChI=1S/C16H10F6N4O2/c17-15(18,19)7-27-11-4-3-8(6-10(11)16(20,21)22)14-25-13(26-28-14)9-2-1-5-24-12(9)23/h1-6H,7H2,(H2,23,24). The highest BCUT2D eigenvalue weighted by Crippen LogP contribution is 2.39. The molecule has 0 unspecified atom stereocenters. The molecule has 2 aromatic heterocycles. The third-order valence-electron chi connectivity index (χ3n) is 3.43. The summed E-state index contributed by atoms with van der Waals surface area (Å²) in [6.45, 7) is -1.86. The molecule has 2 N–H and O–H groups in total. The fourth-order valence-electron chi connectivity index (χ4n) is 2.23. The lowest BCUT2D eigenvalue weighted by Crippen LogP contribution is -2.20. The van der Waals surface area contributed by atoms with E-state index >= 15 is 0 Å². The van der Waals surface area contributed by atoms with Crippen molar-refractivity contribution < 1.29 is 35.6 Å². The molecule has 28 heavy (non-hydrogen) atoms. The Bertz CT molecular complexity index is 984. The van der Waals surface area contributed by atoms with Gasteiger partial charge in [-0.05, 0) is 30.3 Å². The molecule has 0 radical (unpaired) electrons. The largest absolute Gasteiger partial charge is 0.483 e. The molecule has 0 aliphatic heterocycles. The summed E-state index contributed by atoms with van der Waals surface area (Å²) >= 11 is 0.